The smallest absolute Gasteiger partial charge is 0.255 e. The van der Waals surface area contributed by atoms with Gasteiger partial charge in [0.1, 0.15) is 0 Å². The zero-order chi connectivity index (χ0) is 26.8. The van der Waals surface area contributed by atoms with Crippen molar-refractivity contribution in [1.29, 1.82) is 0 Å². The molecule has 0 unspecified atom stereocenters. The van der Waals surface area contributed by atoms with E-state index in [1.807, 2.05) is 103 Å². The van der Waals surface area contributed by atoms with E-state index in [2.05, 4.69) is 20.2 Å². The van der Waals surface area contributed by atoms with Crippen LogP contribution in [-0.4, -0.2) is 39.8 Å². The van der Waals surface area contributed by atoms with Gasteiger partial charge < -0.3 is 20.1 Å². The number of nitrogens with one attached hydrogen (secondary N) is 2. The molecule has 0 fully saturated rings. The Balaban J connectivity index is 0.00000194. The Hall–Kier alpha value is -4.33. The third-order valence-corrected chi connectivity index (χ3v) is 7.22. The van der Waals surface area contributed by atoms with Crippen molar-refractivity contribution in [2.45, 2.75) is 20.0 Å². The minimum absolute atomic E-state index is 0. The van der Waals surface area contributed by atoms with E-state index in [-0.39, 0.29) is 36.6 Å². The summed E-state index contributed by atoms with van der Waals surface area (Å²) in [5.74, 6) is -0.144. The molecule has 0 bridgehead atoms. The molecule has 7 nitrogen and oxygen atoms in total. The van der Waals surface area contributed by atoms with Gasteiger partial charge in [0.2, 0.25) is 0 Å². The summed E-state index contributed by atoms with van der Waals surface area (Å²) in [6.45, 7) is 4.28. The summed E-state index contributed by atoms with van der Waals surface area (Å²) in [6, 6.07) is 27.3. The molecule has 2 amide bonds. The number of aryl methyl sites for hydroxylation is 1. The second-order valence-electron chi connectivity index (χ2n) is 9.92. The summed E-state index contributed by atoms with van der Waals surface area (Å²) in [4.78, 5) is 38.2. The molecule has 41 heavy (non-hydrogen) atoms. The lowest BCUT2D eigenvalue weighted by Crippen LogP contribution is -2.35. The van der Waals surface area contributed by atoms with Gasteiger partial charge >= 0.3 is 0 Å². The maximum Gasteiger partial charge on any atom is 0.255 e. The van der Waals surface area contributed by atoms with Crippen LogP contribution in [0.2, 0.25) is 0 Å². The quantitative estimate of drug-likeness (QED) is 0.242. The molecule has 0 saturated carbocycles. The molecule has 0 saturated heterocycles. The monoisotopic (exact) mass is 587 g/mol. The standard InChI is InChI=1S/C32H29N5O2.2ClH/c1-22-9-11-24(12-10-22)31(38)35-26-14-13-25-19-37(16-15-36(30(25)17-26)20-27-18-33-21-34-27)32(39)29-8-4-6-23-5-2-3-7-28(23)29;;/h2-14,17-18,21H,15-16,19-20H2,1H3,(H,33,34)(H,35,38);2*1H. The number of hydrogen-bond acceptors (Lipinski definition) is 4. The minimum atomic E-state index is -0.156. The second kappa shape index (κ2) is 12.9. The van der Waals surface area contributed by atoms with E-state index < -0.39 is 0 Å². The lowest BCUT2D eigenvalue weighted by atomic mass is 10.0. The van der Waals surface area contributed by atoms with Crippen molar-refractivity contribution in [2.24, 2.45) is 0 Å². The van der Waals surface area contributed by atoms with Gasteiger partial charge in [-0.25, -0.2) is 4.98 Å². The van der Waals surface area contributed by atoms with E-state index in [9.17, 15) is 9.59 Å². The maximum atomic E-state index is 13.8. The number of hydrogen-bond donors (Lipinski definition) is 2. The molecule has 1 aromatic heterocycles. The first kappa shape index (κ1) is 29.6. The van der Waals surface area contributed by atoms with Crippen molar-refractivity contribution >= 4 is 58.8 Å². The van der Waals surface area contributed by atoms with E-state index >= 15 is 0 Å². The molecule has 0 aliphatic carbocycles. The molecule has 0 spiro atoms. The van der Waals surface area contributed by atoms with Crippen LogP contribution in [0.5, 0.6) is 0 Å². The second-order valence-corrected chi connectivity index (χ2v) is 9.92. The van der Waals surface area contributed by atoms with E-state index in [4.69, 9.17) is 0 Å². The average molecular weight is 589 g/mol. The van der Waals surface area contributed by atoms with Gasteiger partial charge in [0.15, 0.2) is 0 Å². The number of H-pyrrole nitrogens is 1. The van der Waals surface area contributed by atoms with Gasteiger partial charge in [-0.15, -0.1) is 24.8 Å². The van der Waals surface area contributed by atoms with E-state index in [1.165, 1.54) is 0 Å². The molecule has 2 N–H and O–H groups in total. The number of imidazole rings is 1. The molecule has 1 aliphatic rings. The molecule has 1 aliphatic heterocycles. The van der Waals surface area contributed by atoms with Crippen molar-refractivity contribution in [3.05, 3.63) is 125 Å². The SMILES string of the molecule is Cc1ccc(C(=O)Nc2ccc3c(c2)N(Cc2cnc[nH]2)CCN(C(=O)c2cccc4ccccc24)C3)cc1.Cl.Cl. The van der Waals surface area contributed by atoms with E-state index in [0.717, 1.165) is 33.3 Å². The van der Waals surface area contributed by atoms with Crippen LogP contribution in [0.4, 0.5) is 11.4 Å². The number of rotatable bonds is 5. The van der Waals surface area contributed by atoms with Gasteiger partial charge in [0, 0.05) is 48.3 Å². The van der Waals surface area contributed by atoms with Gasteiger partial charge in [-0.2, -0.15) is 0 Å². The van der Waals surface area contributed by atoms with Crippen LogP contribution < -0.4 is 10.2 Å². The van der Waals surface area contributed by atoms with Crippen molar-refractivity contribution in [3.63, 3.8) is 0 Å². The average Bonchev–Trinajstić information content (AvgIpc) is 3.41. The Morgan fingerprint density at radius 1 is 0.927 bits per heavy atom. The predicted molar refractivity (Wildman–Crippen MR) is 168 cm³/mol. The van der Waals surface area contributed by atoms with Gasteiger partial charge in [0.25, 0.3) is 11.8 Å². The fourth-order valence-electron chi connectivity index (χ4n) is 5.12. The van der Waals surface area contributed by atoms with Crippen molar-refractivity contribution < 1.29 is 9.59 Å². The number of halogens is 2. The Kier molecular flexibility index (Phi) is 9.32. The van der Waals surface area contributed by atoms with E-state index in [1.54, 1.807) is 6.33 Å². The first-order valence-electron chi connectivity index (χ1n) is 13.1. The van der Waals surface area contributed by atoms with Crippen LogP contribution in [0.15, 0.2) is 97.5 Å². The van der Waals surface area contributed by atoms with Crippen molar-refractivity contribution in [1.82, 2.24) is 14.9 Å². The molecule has 6 rings (SSSR count). The number of carbonyl (C=O) groups excluding carboxylic acids is 2. The number of nitrogens with zero attached hydrogens (tertiary/aromatic N) is 3. The normalized spacial score (nSPS) is 12.5. The van der Waals surface area contributed by atoms with Crippen molar-refractivity contribution in [3.8, 4) is 0 Å². The van der Waals surface area contributed by atoms with E-state index in [0.29, 0.717) is 43.0 Å². The number of aromatic nitrogens is 2. The highest BCUT2D eigenvalue weighted by atomic mass is 35.5. The molecular formula is C32H31Cl2N5O2. The van der Waals surface area contributed by atoms with Gasteiger partial charge in [0.05, 0.1) is 18.6 Å². The number of fused-ring (bicyclic) bond motifs is 2. The fourth-order valence-corrected chi connectivity index (χ4v) is 5.12. The molecule has 4 aromatic carbocycles. The topological polar surface area (TPSA) is 81.3 Å². The number of amides is 2. The Labute approximate surface area is 251 Å². The Morgan fingerprint density at radius 2 is 1.71 bits per heavy atom. The van der Waals surface area contributed by atoms with Crippen LogP contribution in [0.25, 0.3) is 10.8 Å². The van der Waals surface area contributed by atoms with Crippen LogP contribution >= 0.6 is 24.8 Å². The van der Waals surface area contributed by atoms with Crippen LogP contribution in [0, 0.1) is 6.92 Å². The van der Waals surface area contributed by atoms with Crippen LogP contribution in [-0.2, 0) is 13.1 Å². The maximum absolute atomic E-state index is 13.8. The third-order valence-electron chi connectivity index (χ3n) is 7.22. The highest BCUT2D eigenvalue weighted by Gasteiger charge is 2.25. The molecule has 2 heterocycles. The highest BCUT2D eigenvalue weighted by Crippen LogP contribution is 2.31. The number of carbonyl (C=O) groups is 2. The number of benzene rings is 4. The minimum Gasteiger partial charge on any atom is -0.364 e. The fraction of sp³-hybridized carbons (Fsp3) is 0.156. The van der Waals surface area contributed by atoms with Crippen LogP contribution in [0.3, 0.4) is 0 Å². The zero-order valence-electron chi connectivity index (χ0n) is 22.5. The largest absolute Gasteiger partial charge is 0.364 e. The third kappa shape index (κ3) is 6.37. The summed E-state index contributed by atoms with van der Waals surface area (Å²) in [7, 11) is 0. The lowest BCUT2D eigenvalue weighted by molar-refractivity contribution is 0.0753. The Morgan fingerprint density at radius 3 is 2.49 bits per heavy atom. The number of aromatic amines is 1. The molecule has 0 radical (unpaired) electrons. The molecular weight excluding hydrogens is 557 g/mol. The highest BCUT2D eigenvalue weighted by molar-refractivity contribution is 6.07. The predicted octanol–water partition coefficient (Wildman–Crippen LogP) is 6.63. The molecule has 210 valence electrons. The first-order valence-corrected chi connectivity index (χ1v) is 13.1. The zero-order valence-corrected chi connectivity index (χ0v) is 24.2. The molecule has 0 atom stereocenters. The summed E-state index contributed by atoms with van der Waals surface area (Å²) >= 11 is 0. The summed E-state index contributed by atoms with van der Waals surface area (Å²) in [5, 5.41) is 5.05. The first-order chi connectivity index (χ1) is 19.0. The van der Waals surface area contributed by atoms with Gasteiger partial charge in [-0.3, -0.25) is 9.59 Å². The summed E-state index contributed by atoms with van der Waals surface area (Å²) in [5.41, 5.74) is 6.11. The molecule has 5 aromatic rings. The number of anilines is 2. The van der Waals surface area contributed by atoms with Gasteiger partial charge in [-0.05, 0) is 53.6 Å². The summed E-state index contributed by atoms with van der Waals surface area (Å²) < 4.78 is 0. The lowest BCUT2D eigenvalue weighted by Gasteiger charge is -2.25. The van der Waals surface area contributed by atoms with Crippen LogP contribution in [0.1, 0.15) is 37.5 Å². The Bertz CT molecular complexity index is 1650. The van der Waals surface area contributed by atoms with Crippen molar-refractivity contribution in [2.75, 3.05) is 23.3 Å². The summed E-state index contributed by atoms with van der Waals surface area (Å²) in [6.07, 6.45) is 3.48. The van der Waals surface area contributed by atoms with Gasteiger partial charge in [-0.1, -0.05) is 60.2 Å². The molecule has 9 heteroatoms.